The summed E-state index contributed by atoms with van der Waals surface area (Å²) in [6, 6.07) is 8.04. The van der Waals surface area contributed by atoms with Crippen LogP contribution in [0, 0.1) is 5.82 Å². The zero-order chi connectivity index (χ0) is 15.6. The van der Waals surface area contributed by atoms with Crippen LogP contribution in [-0.4, -0.2) is 8.42 Å². The molecule has 0 spiro atoms. The van der Waals surface area contributed by atoms with Gasteiger partial charge in [-0.05, 0) is 29.8 Å². The Morgan fingerprint density at radius 2 is 1.76 bits per heavy atom. The van der Waals surface area contributed by atoms with Crippen LogP contribution in [0.2, 0.25) is 10.0 Å². The molecule has 0 radical (unpaired) electrons. The fourth-order valence-electron chi connectivity index (χ4n) is 1.72. The molecule has 0 aromatic heterocycles. The van der Waals surface area contributed by atoms with Crippen molar-refractivity contribution in [2.45, 2.75) is 11.4 Å². The number of halogens is 3. The van der Waals surface area contributed by atoms with Crippen LogP contribution in [0.15, 0.2) is 41.3 Å². The second-order valence-corrected chi connectivity index (χ2v) is 6.80. The molecule has 0 aliphatic rings. The first-order valence-electron chi connectivity index (χ1n) is 5.78. The molecule has 0 aliphatic carbocycles. The van der Waals surface area contributed by atoms with Gasteiger partial charge in [0.1, 0.15) is 10.7 Å². The van der Waals surface area contributed by atoms with Gasteiger partial charge in [-0.3, -0.25) is 0 Å². The van der Waals surface area contributed by atoms with Crippen molar-refractivity contribution >= 4 is 38.9 Å². The van der Waals surface area contributed by atoms with Gasteiger partial charge < -0.3 is 5.73 Å². The minimum Gasteiger partial charge on any atom is -0.398 e. The molecule has 0 fully saturated rings. The number of benzene rings is 2. The van der Waals surface area contributed by atoms with E-state index in [1.165, 1.54) is 36.4 Å². The SMILES string of the molecule is Nc1cc(Cl)cc(Cl)c1S(=O)(=O)NCc1ccc(F)cc1. The maximum Gasteiger partial charge on any atom is 0.244 e. The standard InChI is InChI=1S/C13H11Cl2FN2O2S/c14-9-5-11(15)13(12(17)6-9)21(19,20)18-7-8-1-3-10(16)4-2-8/h1-6,18H,7,17H2. The van der Waals surface area contributed by atoms with Gasteiger partial charge in [0.05, 0.1) is 10.7 Å². The molecule has 8 heteroatoms. The topological polar surface area (TPSA) is 72.2 Å². The third-order valence-corrected chi connectivity index (χ3v) is 4.83. The molecule has 0 saturated carbocycles. The Balaban J connectivity index is 2.25. The molecule has 0 atom stereocenters. The normalized spacial score (nSPS) is 11.6. The highest BCUT2D eigenvalue weighted by Gasteiger charge is 2.21. The zero-order valence-electron chi connectivity index (χ0n) is 10.6. The summed E-state index contributed by atoms with van der Waals surface area (Å²) in [6.07, 6.45) is 0. The molecule has 2 aromatic rings. The number of anilines is 1. The average Bonchev–Trinajstić information content (AvgIpc) is 2.36. The van der Waals surface area contributed by atoms with Crippen molar-refractivity contribution in [3.63, 3.8) is 0 Å². The van der Waals surface area contributed by atoms with Crippen molar-refractivity contribution in [3.05, 3.63) is 57.8 Å². The summed E-state index contributed by atoms with van der Waals surface area (Å²) in [5, 5.41) is 0.182. The maximum absolute atomic E-state index is 12.8. The summed E-state index contributed by atoms with van der Waals surface area (Å²) >= 11 is 11.6. The molecular weight excluding hydrogens is 338 g/mol. The van der Waals surface area contributed by atoms with Crippen molar-refractivity contribution in [1.82, 2.24) is 4.72 Å². The second-order valence-electron chi connectivity index (χ2n) is 4.26. The molecule has 0 bridgehead atoms. The summed E-state index contributed by atoms with van der Waals surface area (Å²) in [5.41, 5.74) is 6.22. The van der Waals surface area contributed by atoms with Gasteiger partial charge in [0, 0.05) is 11.6 Å². The molecule has 0 saturated heterocycles. The van der Waals surface area contributed by atoms with Crippen LogP contribution in [0.3, 0.4) is 0 Å². The molecule has 2 aromatic carbocycles. The van der Waals surface area contributed by atoms with Gasteiger partial charge in [-0.2, -0.15) is 0 Å². The van der Waals surface area contributed by atoms with Gasteiger partial charge in [0.2, 0.25) is 10.0 Å². The number of nitrogens with two attached hydrogens (primary N) is 1. The van der Waals surface area contributed by atoms with E-state index < -0.39 is 15.8 Å². The predicted molar refractivity (Wildman–Crippen MR) is 81.3 cm³/mol. The zero-order valence-corrected chi connectivity index (χ0v) is 12.9. The lowest BCUT2D eigenvalue weighted by Crippen LogP contribution is -2.24. The molecule has 4 nitrogen and oxygen atoms in total. The number of hydrogen-bond donors (Lipinski definition) is 2. The molecule has 0 unspecified atom stereocenters. The number of hydrogen-bond acceptors (Lipinski definition) is 3. The largest absolute Gasteiger partial charge is 0.398 e. The third kappa shape index (κ3) is 3.85. The van der Waals surface area contributed by atoms with E-state index in [0.29, 0.717) is 5.56 Å². The highest BCUT2D eigenvalue weighted by atomic mass is 35.5. The summed E-state index contributed by atoms with van der Waals surface area (Å²) in [5.74, 6) is -0.397. The highest BCUT2D eigenvalue weighted by Crippen LogP contribution is 2.31. The van der Waals surface area contributed by atoms with Crippen LogP contribution in [-0.2, 0) is 16.6 Å². The summed E-state index contributed by atoms with van der Waals surface area (Å²) in [4.78, 5) is -0.226. The molecule has 0 heterocycles. The molecular formula is C13H11Cl2FN2O2S. The number of sulfonamides is 1. The average molecular weight is 349 g/mol. The lowest BCUT2D eigenvalue weighted by Gasteiger charge is -2.11. The third-order valence-electron chi connectivity index (χ3n) is 2.69. The van der Waals surface area contributed by atoms with Crippen LogP contribution >= 0.6 is 23.2 Å². The smallest absolute Gasteiger partial charge is 0.244 e. The van der Waals surface area contributed by atoms with Gasteiger partial charge in [0.25, 0.3) is 0 Å². The summed E-state index contributed by atoms with van der Waals surface area (Å²) in [6.45, 7) is -0.0129. The summed E-state index contributed by atoms with van der Waals surface area (Å²) in [7, 11) is -3.91. The number of nitrogens with one attached hydrogen (secondary N) is 1. The molecule has 21 heavy (non-hydrogen) atoms. The first-order chi connectivity index (χ1) is 9.79. The van der Waals surface area contributed by atoms with Crippen LogP contribution in [0.4, 0.5) is 10.1 Å². The van der Waals surface area contributed by atoms with E-state index in [1.54, 1.807) is 0 Å². The van der Waals surface area contributed by atoms with Crippen LogP contribution < -0.4 is 10.5 Å². The minimum atomic E-state index is -3.91. The van der Waals surface area contributed by atoms with Crippen molar-refractivity contribution in [2.24, 2.45) is 0 Å². The minimum absolute atomic E-state index is 0.0129. The number of rotatable bonds is 4. The molecule has 0 amide bonds. The Morgan fingerprint density at radius 3 is 2.33 bits per heavy atom. The van der Waals surface area contributed by atoms with Crippen molar-refractivity contribution in [3.8, 4) is 0 Å². The van der Waals surface area contributed by atoms with Crippen molar-refractivity contribution < 1.29 is 12.8 Å². The van der Waals surface area contributed by atoms with Crippen molar-refractivity contribution in [1.29, 1.82) is 0 Å². The van der Waals surface area contributed by atoms with E-state index in [4.69, 9.17) is 28.9 Å². The lowest BCUT2D eigenvalue weighted by atomic mass is 10.2. The van der Waals surface area contributed by atoms with E-state index in [2.05, 4.69) is 4.72 Å². The van der Waals surface area contributed by atoms with Gasteiger partial charge in [0.15, 0.2) is 0 Å². The van der Waals surface area contributed by atoms with Gasteiger partial charge >= 0.3 is 0 Å². The molecule has 112 valence electrons. The highest BCUT2D eigenvalue weighted by molar-refractivity contribution is 7.89. The van der Waals surface area contributed by atoms with Crippen molar-refractivity contribution in [2.75, 3.05) is 5.73 Å². The Labute approximate surface area is 131 Å². The van der Waals surface area contributed by atoms with E-state index in [0.717, 1.165) is 0 Å². The Bertz CT molecular complexity index is 741. The predicted octanol–water partition coefficient (Wildman–Crippen LogP) is 3.19. The van der Waals surface area contributed by atoms with E-state index in [1.807, 2.05) is 0 Å². The monoisotopic (exact) mass is 348 g/mol. The Hall–Kier alpha value is -1.34. The molecule has 3 N–H and O–H groups in total. The van der Waals surface area contributed by atoms with Gasteiger partial charge in [-0.25, -0.2) is 17.5 Å². The van der Waals surface area contributed by atoms with E-state index in [9.17, 15) is 12.8 Å². The van der Waals surface area contributed by atoms with E-state index >= 15 is 0 Å². The molecule has 2 rings (SSSR count). The van der Waals surface area contributed by atoms with Crippen LogP contribution in [0.1, 0.15) is 5.56 Å². The Kier molecular flexibility index (Phi) is 4.73. The quantitative estimate of drug-likeness (QED) is 0.833. The summed E-state index contributed by atoms with van der Waals surface area (Å²) < 4.78 is 39.6. The van der Waals surface area contributed by atoms with Gasteiger partial charge in [-0.15, -0.1) is 0 Å². The first kappa shape index (κ1) is 16.0. The Morgan fingerprint density at radius 1 is 1.14 bits per heavy atom. The maximum atomic E-state index is 12.8. The lowest BCUT2D eigenvalue weighted by molar-refractivity contribution is 0.581. The second kappa shape index (κ2) is 6.19. The van der Waals surface area contributed by atoms with E-state index in [-0.39, 0.29) is 27.2 Å². The van der Waals surface area contributed by atoms with Crippen LogP contribution in [0.5, 0.6) is 0 Å². The number of nitrogen functional groups attached to an aromatic ring is 1. The molecule has 0 aliphatic heterocycles. The van der Waals surface area contributed by atoms with Gasteiger partial charge in [-0.1, -0.05) is 35.3 Å². The fraction of sp³-hybridized carbons (Fsp3) is 0.0769. The van der Waals surface area contributed by atoms with Crippen LogP contribution in [0.25, 0.3) is 0 Å². The first-order valence-corrected chi connectivity index (χ1v) is 8.02. The fourth-order valence-corrected chi connectivity index (χ4v) is 3.72.